The highest BCUT2D eigenvalue weighted by molar-refractivity contribution is 5.61. The maximum absolute atomic E-state index is 13.1. The van der Waals surface area contributed by atoms with E-state index in [0.717, 1.165) is 41.8 Å². The zero-order chi connectivity index (χ0) is 33.4. The third-order valence-electron chi connectivity index (χ3n) is 10.9. The minimum Gasteiger partial charge on any atom is -0.392 e. The first kappa shape index (κ1) is 31.3. The Balaban J connectivity index is 0.000000140. The Morgan fingerprint density at radius 3 is 1.62 bits per heavy atom. The minimum absolute atomic E-state index is 0.0117. The van der Waals surface area contributed by atoms with Crippen LogP contribution in [0, 0.1) is 11.8 Å². The molecular formula is C38H34F6N2O2. The van der Waals surface area contributed by atoms with E-state index in [-0.39, 0.29) is 48.0 Å². The second kappa shape index (κ2) is 11.6. The van der Waals surface area contributed by atoms with E-state index in [1.54, 1.807) is 6.07 Å². The van der Waals surface area contributed by atoms with Crippen LogP contribution in [0.1, 0.15) is 76.6 Å². The van der Waals surface area contributed by atoms with Gasteiger partial charge in [0.2, 0.25) is 0 Å². The van der Waals surface area contributed by atoms with Gasteiger partial charge >= 0.3 is 12.4 Å². The zero-order valence-electron chi connectivity index (χ0n) is 25.7. The molecule has 5 aliphatic rings. The van der Waals surface area contributed by atoms with Gasteiger partial charge in [0.05, 0.1) is 41.5 Å². The van der Waals surface area contributed by atoms with Crippen LogP contribution in [-0.2, 0) is 17.1 Å². The molecule has 0 spiro atoms. The van der Waals surface area contributed by atoms with Crippen LogP contribution in [-0.4, -0.2) is 23.4 Å². The van der Waals surface area contributed by atoms with Gasteiger partial charge in [-0.2, -0.15) is 26.3 Å². The van der Waals surface area contributed by atoms with Crippen LogP contribution in [0.3, 0.4) is 0 Å². The van der Waals surface area contributed by atoms with Crippen LogP contribution in [0.25, 0.3) is 0 Å². The lowest BCUT2D eigenvalue weighted by atomic mass is 9.76. The second-order valence-corrected chi connectivity index (χ2v) is 13.6. The molecule has 0 aromatic heterocycles. The lowest BCUT2D eigenvalue weighted by molar-refractivity contribution is -0.138. The number of aliphatic hydroxyl groups excluding tert-OH is 1. The quantitative estimate of drug-likeness (QED) is 0.148. The average molecular weight is 665 g/mol. The number of hydrogen-bond donors (Lipinski definition) is 3. The van der Waals surface area contributed by atoms with Crippen molar-refractivity contribution in [3.8, 4) is 0 Å². The lowest BCUT2D eigenvalue weighted by Gasteiger charge is -2.39. The number of fused-ring (bicyclic) bond motifs is 8. The Bertz CT molecular complexity index is 1680. The first-order chi connectivity index (χ1) is 23.0. The molecule has 3 N–H and O–H groups in total. The third-order valence-corrected chi connectivity index (χ3v) is 10.9. The molecule has 10 heteroatoms. The molecule has 1 saturated heterocycles. The van der Waals surface area contributed by atoms with Gasteiger partial charge in [-0.1, -0.05) is 60.7 Å². The molecule has 3 aliphatic heterocycles. The van der Waals surface area contributed by atoms with Crippen LogP contribution >= 0.6 is 0 Å². The Morgan fingerprint density at radius 2 is 1.10 bits per heavy atom. The molecule has 48 heavy (non-hydrogen) atoms. The molecule has 250 valence electrons. The van der Waals surface area contributed by atoms with Crippen LogP contribution in [0.2, 0.25) is 0 Å². The van der Waals surface area contributed by atoms with E-state index in [9.17, 15) is 31.4 Å². The second-order valence-electron chi connectivity index (χ2n) is 13.6. The van der Waals surface area contributed by atoms with E-state index in [4.69, 9.17) is 4.74 Å². The Morgan fingerprint density at radius 1 is 0.604 bits per heavy atom. The fourth-order valence-corrected chi connectivity index (χ4v) is 8.71. The van der Waals surface area contributed by atoms with Crippen molar-refractivity contribution in [3.05, 3.63) is 130 Å². The summed E-state index contributed by atoms with van der Waals surface area (Å²) in [7, 11) is 0. The first-order valence-electron chi connectivity index (χ1n) is 16.4. The minimum atomic E-state index is -4.37. The highest BCUT2D eigenvalue weighted by Gasteiger charge is 2.60. The topological polar surface area (TPSA) is 56.8 Å². The Kier molecular flexibility index (Phi) is 7.52. The van der Waals surface area contributed by atoms with Crippen molar-refractivity contribution in [2.75, 3.05) is 10.6 Å². The molecule has 0 amide bonds. The number of ether oxygens (including phenoxy) is 1. The van der Waals surface area contributed by atoms with Crippen molar-refractivity contribution < 1.29 is 36.2 Å². The molecule has 9 atom stereocenters. The van der Waals surface area contributed by atoms with Gasteiger partial charge in [0.15, 0.2) is 0 Å². The van der Waals surface area contributed by atoms with Crippen molar-refractivity contribution in [1.82, 2.24) is 0 Å². The average Bonchev–Trinajstić information content (AvgIpc) is 3.57. The van der Waals surface area contributed by atoms with E-state index >= 15 is 0 Å². The third kappa shape index (κ3) is 5.52. The number of halogens is 6. The molecule has 3 fully saturated rings. The van der Waals surface area contributed by atoms with E-state index in [1.165, 1.54) is 23.8 Å². The normalized spacial score (nSPS) is 31.0. The summed E-state index contributed by atoms with van der Waals surface area (Å²) in [5.41, 5.74) is 3.89. The van der Waals surface area contributed by atoms with E-state index in [2.05, 4.69) is 22.8 Å². The van der Waals surface area contributed by atoms with Crippen molar-refractivity contribution in [2.24, 2.45) is 11.8 Å². The van der Waals surface area contributed by atoms with Gasteiger partial charge in [-0.15, -0.1) is 0 Å². The largest absolute Gasteiger partial charge is 0.416 e. The summed E-state index contributed by atoms with van der Waals surface area (Å²) >= 11 is 0. The summed E-state index contributed by atoms with van der Waals surface area (Å²) in [6, 6.07) is 28.0. The molecule has 0 bridgehead atoms. The lowest BCUT2D eigenvalue weighted by Crippen LogP contribution is -2.32. The van der Waals surface area contributed by atoms with Crippen LogP contribution in [0.5, 0.6) is 0 Å². The van der Waals surface area contributed by atoms with Gasteiger partial charge in [-0.3, -0.25) is 0 Å². The number of anilines is 2. The molecule has 4 aromatic carbocycles. The number of aliphatic hydroxyl groups is 1. The number of benzene rings is 4. The maximum Gasteiger partial charge on any atom is 0.416 e. The summed E-state index contributed by atoms with van der Waals surface area (Å²) in [5.74, 6) is 0.151. The Hall–Kier alpha value is -4.02. The molecular weight excluding hydrogens is 630 g/mol. The summed E-state index contributed by atoms with van der Waals surface area (Å²) in [6.07, 6.45) is -6.68. The van der Waals surface area contributed by atoms with Crippen molar-refractivity contribution >= 4 is 11.4 Å². The van der Waals surface area contributed by atoms with Gasteiger partial charge in [0, 0.05) is 23.2 Å². The monoisotopic (exact) mass is 664 g/mol. The fraction of sp³-hybridized carbons (Fsp3) is 0.368. The fourth-order valence-electron chi connectivity index (χ4n) is 8.71. The highest BCUT2D eigenvalue weighted by atomic mass is 19.4. The molecule has 9 rings (SSSR count). The standard InChI is InChI=1S/C19H16F3NO.C19H18F3NO/c20-19(21,22)11-6-7-14-12(8-11)16-13(9-15-18(16)24-15)17(23-14)10-4-2-1-3-5-10;20-19(21,22)12-6-8-15-14(10-12)17-13(7-9-16(17)24)18(23-15)11-4-2-1-3-5-11/h1-8,13,15-18,23H,9H2;1-6,8,10,13,16-18,23-24H,7,9H2/t13-,15-,16-,17-,18-;13-,16-,17+,18-/m11/s1. The maximum atomic E-state index is 13.1. The zero-order valence-corrected chi connectivity index (χ0v) is 25.7. The molecule has 2 saturated carbocycles. The molecule has 0 radical (unpaired) electrons. The van der Waals surface area contributed by atoms with Gasteiger partial charge in [0.1, 0.15) is 0 Å². The van der Waals surface area contributed by atoms with Gasteiger partial charge in [-0.25, -0.2) is 0 Å². The highest BCUT2D eigenvalue weighted by Crippen LogP contribution is 2.60. The molecule has 4 aromatic rings. The van der Waals surface area contributed by atoms with E-state index in [1.807, 2.05) is 48.5 Å². The van der Waals surface area contributed by atoms with Crippen LogP contribution in [0.4, 0.5) is 37.7 Å². The predicted molar refractivity (Wildman–Crippen MR) is 169 cm³/mol. The van der Waals surface area contributed by atoms with Crippen molar-refractivity contribution in [1.29, 1.82) is 0 Å². The van der Waals surface area contributed by atoms with Gasteiger partial charge < -0.3 is 20.5 Å². The Labute approximate surface area is 274 Å². The summed E-state index contributed by atoms with van der Waals surface area (Å²) in [5, 5.41) is 17.3. The molecule has 3 heterocycles. The number of alkyl halides is 6. The van der Waals surface area contributed by atoms with Gasteiger partial charge in [-0.05, 0) is 89.8 Å². The predicted octanol–water partition coefficient (Wildman–Crippen LogP) is 9.47. The number of hydrogen-bond acceptors (Lipinski definition) is 4. The molecule has 0 unspecified atom stereocenters. The summed E-state index contributed by atoms with van der Waals surface area (Å²) < 4.78 is 84.2. The summed E-state index contributed by atoms with van der Waals surface area (Å²) in [6.45, 7) is 0. The SMILES string of the molecule is FC(F)(F)c1ccc2c(c1)[C@@H]1[C@@H](C[C@H]3O[C@@H]13)[C@@H](c1ccccc1)N2.O[C@@H]1CC[C@@H]2[C@H]1c1cc(C(F)(F)F)ccc1N[C@@H]2c1ccccc1. The smallest absolute Gasteiger partial charge is 0.392 e. The summed E-state index contributed by atoms with van der Waals surface area (Å²) in [4.78, 5) is 0. The van der Waals surface area contributed by atoms with E-state index in [0.29, 0.717) is 17.7 Å². The molecule has 4 nitrogen and oxygen atoms in total. The number of nitrogens with one attached hydrogen (secondary N) is 2. The van der Waals surface area contributed by atoms with Crippen LogP contribution < -0.4 is 10.6 Å². The number of rotatable bonds is 2. The molecule has 2 aliphatic carbocycles. The number of epoxide rings is 1. The van der Waals surface area contributed by atoms with Crippen LogP contribution in [0.15, 0.2) is 97.1 Å². The van der Waals surface area contributed by atoms with Crippen molar-refractivity contribution in [2.45, 2.75) is 73.8 Å². The van der Waals surface area contributed by atoms with Gasteiger partial charge in [0.25, 0.3) is 0 Å². The van der Waals surface area contributed by atoms with E-state index < -0.39 is 29.6 Å². The first-order valence-corrected chi connectivity index (χ1v) is 16.4. The van der Waals surface area contributed by atoms with Crippen molar-refractivity contribution in [3.63, 3.8) is 0 Å².